The van der Waals surface area contributed by atoms with Gasteiger partial charge < -0.3 is 10.1 Å². The van der Waals surface area contributed by atoms with Crippen molar-refractivity contribution in [3.05, 3.63) is 78.0 Å². The van der Waals surface area contributed by atoms with Gasteiger partial charge in [-0.1, -0.05) is 17.6 Å². The Morgan fingerprint density at radius 1 is 1.09 bits per heavy atom. The first-order valence-electron chi connectivity index (χ1n) is 10.7. The monoisotopic (exact) mass is 476 g/mol. The molecule has 4 aromatic rings. The number of H-pyrrole nitrogens is 1. The number of hydrogen-bond donors (Lipinski definition) is 3. The Balaban J connectivity index is 1.47. The molecule has 0 fully saturated rings. The summed E-state index contributed by atoms with van der Waals surface area (Å²) < 4.78 is 40.0. The van der Waals surface area contributed by atoms with Gasteiger partial charge in [-0.25, -0.2) is 22.5 Å². The summed E-state index contributed by atoms with van der Waals surface area (Å²) in [6, 6.07) is 15.2. The maximum absolute atomic E-state index is 13.0. The lowest BCUT2D eigenvalue weighted by Gasteiger charge is -2.06. The SMILES string of the molecule is [B]c1c[nH]c2cc(=NCCCCNS(=O)(=O)c3ccc(F)cc3)cc(-c3ccccc3O)nc12. The second kappa shape index (κ2) is 10.2. The molecular formula is C24H22BFN4O3S. The van der Waals surface area contributed by atoms with E-state index in [1.165, 1.54) is 12.1 Å². The quantitative estimate of drug-likeness (QED) is 0.268. The Bertz CT molecular complexity index is 1490. The molecule has 0 aliphatic rings. The average molecular weight is 476 g/mol. The fourth-order valence-corrected chi connectivity index (χ4v) is 4.51. The number of unbranched alkanes of at least 4 members (excludes halogenated alkanes) is 1. The van der Waals surface area contributed by atoms with Crippen molar-refractivity contribution in [1.82, 2.24) is 14.7 Å². The lowest BCUT2D eigenvalue weighted by Crippen LogP contribution is -2.24. The minimum Gasteiger partial charge on any atom is -0.507 e. The highest BCUT2D eigenvalue weighted by atomic mass is 32.2. The Morgan fingerprint density at radius 3 is 2.62 bits per heavy atom. The molecule has 3 N–H and O–H groups in total. The number of aromatic amines is 1. The molecule has 0 unspecified atom stereocenters. The molecule has 0 saturated carbocycles. The van der Waals surface area contributed by atoms with E-state index in [1.807, 2.05) is 12.1 Å². The third-order valence-corrected chi connectivity index (χ3v) is 6.67. The minimum atomic E-state index is -3.68. The predicted octanol–water partition coefficient (Wildman–Crippen LogP) is 2.53. The van der Waals surface area contributed by atoms with Gasteiger partial charge in [0.1, 0.15) is 19.4 Å². The zero-order chi connectivity index (χ0) is 24.1. The van der Waals surface area contributed by atoms with Crippen molar-refractivity contribution in [2.45, 2.75) is 17.7 Å². The van der Waals surface area contributed by atoms with Gasteiger partial charge in [-0.3, -0.25) is 4.99 Å². The number of phenols is 1. The third kappa shape index (κ3) is 5.52. The number of nitrogens with one attached hydrogen (secondary N) is 2. The number of hydrogen-bond acceptors (Lipinski definition) is 5. The smallest absolute Gasteiger partial charge is 0.240 e. The molecule has 2 heterocycles. The van der Waals surface area contributed by atoms with E-state index in [2.05, 4.69) is 19.7 Å². The highest BCUT2D eigenvalue weighted by molar-refractivity contribution is 7.89. The fraction of sp³-hybridized carbons (Fsp3) is 0.167. The van der Waals surface area contributed by atoms with Crippen LogP contribution in [0.2, 0.25) is 0 Å². The summed E-state index contributed by atoms with van der Waals surface area (Å²) in [5.74, 6) is -0.391. The Labute approximate surface area is 197 Å². The molecule has 0 amide bonds. The van der Waals surface area contributed by atoms with Crippen molar-refractivity contribution in [2.24, 2.45) is 4.99 Å². The third-order valence-electron chi connectivity index (χ3n) is 5.20. The van der Waals surface area contributed by atoms with Crippen LogP contribution < -0.4 is 15.5 Å². The summed E-state index contributed by atoms with van der Waals surface area (Å²) in [5, 5.41) is 10.9. The molecule has 172 valence electrons. The molecule has 0 aliphatic carbocycles. The first kappa shape index (κ1) is 23.7. The normalized spacial score (nSPS) is 12.3. The van der Waals surface area contributed by atoms with Gasteiger partial charge >= 0.3 is 0 Å². The standard InChI is InChI=1S/C24H22BFN4O3S/c25-20-15-28-22-14-17(13-21(30-24(20)22)19-5-1-2-6-23(19)31)27-11-3-4-12-29-34(32,33)18-9-7-16(26)8-10-18/h1-2,5-10,13-15,28-29,31H,3-4,11-12H2. The molecule has 34 heavy (non-hydrogen) atoms. The van der Waals surface area contributed by atoms with Crippen molar-refractivity contribution >= 4 is 34.4 Å². The predicted molar refractivity (Wildman–Crippen MR) is 130 cm³/mol. The summed E-state index contributed by atoms with van der Waals surface area (Å²) in [6.45, 7) is 0.695. The number of aromatic hydroxyl groups is 1. The van der Waals surface area contributed by atoms with Gasteiger partial charge in [0.25, 0.3) is 0 Å². The van der Waals surface area contributed by atoms with Crippen LogP contribution in [0.15, 0.2) is 76.7 Å². The number of rotatable bonds is 8. The fourth-order valence-electron chi connectivity index (χ4n) is 3.43. The first-order valence-corrected chi connectivity index (χ1v) is 12.1. The Hall–Kier alpha value is -3.50. The van der Waals surface area contributed by atoms with Crippen molar-refractivity contribution < 1.29 is 17.9 Å². The molecule has 0 bridgehead atoms. The number of fused-ring (bicyclic) bond motifs is 1. The van der Waals surface area contributed by atoms with Crippen molar-refractivity contribution in [3.8, 4) is 17.0 Å². The van der Waals surface area contributed by atoms with Crippen LogP contribution in [0.3, 0.4) is 0 Å². The van der Waals surface area contributed by atoms with Crippen LogP contribution in [0, 0.1) is 5.82 Å². The van der Waals surface area contributed by atoms with Gasteiger partial charge in [0.05, 0.1) is 27.0 Å². The molecule has 0 spiro atoms. The van der Waals surface area contributed by atoms with E-state index in [0.717, 1.165) is 12.1 Å². The number of aromatic nitrogens is 2. The number of phenolic OH excluding ortho intramolecular Hbond substituents is 1. The molecule has 4 rings (SSSR count). The van der Waals surface area contributed by atoms with E-state index in [4.69, 9.17) is 7.85 Å². The molecule has 2 radical (unpaired) electrons. The van der Waals surface area contributed by atoms with Crippen LogP contribution in [0.1, 0.15) is 12.8 Å². The van der Waals surface area contributed by atoms with E-state index >= 15 is 0 Å². The topological polar surface area (TPSA) is 107 Å². The van der Waals surface area contributed by atoms with Crippen LogP contribution in [0.5, 0.6) is 5.75 Å². The molecular weight excluding hydrogens is 454 g/mol. The van der Waals surface area contributed by atoms with Crippen LogP contribution >= 0.6 is 0 Å². The molecule has 0 atom stereocenters. The second-order valence-electron chi connectivity index (χ2n) is 7.67. The second-order valence-corrected chi connectivity index (χ2v) is 9.44. The van der Waals surface area contributed by atoms with Crippen LogP contribution in [-0.4, -0.2) is 44.4 Å². The highest BCUT2D eigenvalue weighted by Crippen LogP contribution is 2.26. The lowest BCUT2D eigenvalue weighted by atomic mass is 9.99. The van der Waals surface area contributed by atoms with Crippen molar-refractivity contribution in [1.29, 1.82) is 0 Å². The van der Waals surface area contributed by atoms with Gasteiger partial charge in [-0.05, 0) is 67.6 Å². The lowest BCUT2D eigenvalue weighted by molar-refractivity contribution is 0.477. The summed E-state index contributed by atoms with van der Waals surface area (Å²) in [7, 11) is 2.36. The molecule has 0 aliphatic heterocycles. The number of nitrogens with zero attached hydrogens (tertiary/aromatic N) is 2. The first-order chi connectivity index (χ1) is 16.3. The molecule has 0 saturated heterocycles. The summed E-state index contributed by atoms with van der Waals surface area (Å²) >= 11 is 0. The highest BCUT2D eigenvalue weighted by Gasteiger charge is 2.13. The van der Waals surface area contributed by atoms with Gasteiger partial charge in [-0.2, -0.15) is 0 Å². The zero-order valence-corrected chi connectivity index (χ0v) is 19.0. The number of sulfonamides is 1. The maximum Gasteiger partial charge on any atom is 0.240 e. The molecule has 7 nitrogen and oxygen atoms in total. The van der Waals surface area contributed by atoms with E-state index < -0.39 is 15.8 Å². The zero-order valence-electron chi connectivity index (χ0n) is 18.2. The summed E-state index contributed by atoms with van der Waals surface area (Å²) in [6.07, 6.45) is 2.86. The summed E-state index contributed by atoms with van der Waals surface area (Å²) in [5.41, 5.74) is 2.87. The van der Waals surface area contributed by atoms with Gasteiger partial charge in [-0.15, -0.1) is 0 Å². The van der Waals surface area contributed by atoms with Crippen molar-refractivity contribution in [3.63, 3.8) is 0 Å². The van der Waals surface area contributed by atoms with Crippen LogP contribution in [0.25, 0.3) is 22.3 Å². The molecule has 2 aromatic heterocycles. The minimum absolute atomic E-state index is 0.0220. The average Bonchev–Trinajstić information content (AvgIpc) is 3.04. The number of halogens is 1. The number of para-hydroxylation sites is 1. The van der Waals surface area contributed by atoms with Gasteiger partial charge in [0, 0.05) is 18.7 Å². The van der Waals surface area contributed by atoms with Gasteiger partial charge in [0.15, 0.2) is 0 Å². The molecule has 2 aromatic carbocycles. The number of benzene rings is 2. The largest absolute Gasteiger partial charge is 0.507 e. The maximum atomic E-state index is 13.0. The summed E-state index contributed by atoms with van der Waals surface area (Å²) in [4.78, 5) is 12.4. The van der Waals surface area contributed by atoms with E-state index in [1.54, 1.807) is 30.5 Å². The van der Waals surface area contributed by atoms with Gasteiger partial charge in [0.2, 0.25) is 10.0 Å². The molecule has 10 heteroatoms. The van der Waals surface area contributed by atoms with E-state index in [9.17, 15) is 17.9 Å². The van der Waals surface area contributed by atoms with Crippen molar-refractivity contribution in [2.75, 3.05) is 13.1 Å². The van der Waals surface area contributed by atoms with E-state index in [-0.39, 0.29) is 17.2 Å². The van der Waals surface area contributed by atoms with E-state index in [0.29, 0.717) is 52.5 Å². The Morgan fingerprint density at radius 2 is 1.85 bits per heavy atom. The Kier molecular flexibility index (Phi) is 7.09. The van der Waals surface area contributed by atoms with Crippen LogP contribution in [-0.2, 0) is 10.0 Å². The van der Waals surface area contributed by atoms with Crippen LogP contribution in [0.4, 0.5) is 4.39 Å².